The van der Waals surface area contributed by atoms with Crippen molar-refractivity contribution in [3.8, 4) is 0 Å². The van der Waals surface area contributed by atoms with Gasteiger partial charge in [-0.2, -0.15) is 0 Å². The van der Waals surface area contributed by atoms with Crippen molar-refractivity contribution < 1.29 is 4.79 Å². The van der Waals surface area contributed by atoms with E-state index in [2.05, 4.69) is 29.7 Å². The van der Waals surface area contributed by atoms with Crippen LogP contribution in [0.5, 0.6) is 0 Å². The van der Waals surface area contributed by atoms with Crippen LogP contribution in [0, 0.1) is 5.92 Å². The molecule has 20 heavy (non-hydrogen) atoms. The van der Waals surface area contributed by atoms with Gasteiger partial charge < -0.3 is 10.6 Å². The molecule has 1 heterocycles. The summed E-state index contributed by atoms with van der Waals surface area (Å²) in [5.74, 6) is 0.978. The van der Waals surface area contributed by atoms with Crippen LogP contribution in [0.15, 0.2) is 24.3 Å². The summed E-state index contributed by atoms with van der Waals surface area (Å²) in [6.45, 7) is 2.32. The van der Waals surface area contributed by atoms with Gasteiger partial charge in [-0.3, -0.25) is 4.79 Å². The molecular weight excluding hydrogens is 248 g/mol. The summed E-state index contributed by atoms with van der Waals surface area (Å²) >= 11 is 0. The molecular formula is C17H24N2O. The van der Waals surface area contributed by atoms with E-state index in [0.29, 0.717) is 6.04 Å². The van der Waals surface area contributed by atoms with Gasteiger partial charge in [-0.25, -0.2) is 0 Å². The summed E-state index contributed by atoms with van der Waals surface area (Å²) in [6, 6.07) is 8.48. The summed E-state index contributed by atoms with van der Waals surface area (Å²) in [5.41, 5.74) is 2.37. The number of hydrogen-bond donors (Lipinski definition) is 2. The standard InChI is InChI=1S/C17H24N2O/c1-12-5-4-7-14(10-9-12)18-17(20)16-11-13-6-2-3-8-15(13)19-16/h2-3,6,8,12,14,16,19H,4-5,7,9-11H2,1H3,(H,18,20)/t12?,14?,16-/m0/s1. The fourth-order valence-electron chi connectivity index (χ4n) is 3.39. The van der Waals surface area contributed by atoms with E-state index in [4.69, 9.17) is 0 Å². The first-order chi connectivity index (χ1) is 9.72. The number of carbonyl (C=O) groups is 1. The van der Waals surface area contributed by atoms with Crippen molar-refractivity contribution in [1.29, 1.82) is 0 Å². The Balaban J connectivity index is 1.56. The Kier molecular flexibility index (Phi) is 3.95. The molecule has 3 heteroatoms. The second-order valence-corrected chi connectivity index (χ2v) is 6.38. The van der Waals surface area contributed by atoms with Crippen LogP contribution in [0.4, 0.5) is 5.69 Å². The van der Waals surface area contributed by atoms with Gasteiger partial charge in [0.05, 0.1) is 0 Å². The minimum atomic E-state index is -0.0897. The first-order valence-corrected chi connectivity index (χ1v) is 7.87. The lowest BCUT2D eigenvalue weighted by molar-refractivity contribution is -0.122. The topological polar surface area (TPSA) is 41.1 Å². The molecule has 0 aromatic heterocycles. The average Bonchev–Trinajstić information content (AvgIpc) is 2.78. The summed E-state index contributed by atoms with van der Waals surface area (Å²) < 4.78 is 0. The zero-order valence-electron chi connectivity index (χ0n) is 12.2. The normalized spacial score (nSPS) is 29.1. The first-order valence-electron chi connectivity index (χ1n) is 7.87. The fraction of sp³-hybridized carbons (Fsp3) is 0.588. The van der Waals surface area contributed by atoms with Crippen molar-refractivity contribution in [2.75, 3.05) is 5.32 Å². The van der Waals surface area contributed by atoms with Crippen molar-refractivity contribution in [3.63, 3.8) is 0 Å². The molecule has 0 radical (unpaired) electrons. The van der Waals surface area contributed by atoms with Crippen molar-refractivity contribution >= 4 is 11.6 Å². The molecule has 0 spiro atoms. The fourth-order valence-corrected chi connectivity index (χ4v) is 3.39. The van der Waals surface area contributed by atoms with Gasteiger partial charge in [0.1, 0.15) is 6.04 Å². The van der Waals surface area contributed by atoms with Crippen molar-refractivity contribution in [1.82, 2.24) is 5.32 Å². The van der Waals surface area contributed by atoms with Gasteiger partial charge in [0, 0.05) is 18.2 Å². The summed E-state index contributed by atoms with van der Waals surface area (Å²) in [5, 5.41) is 6.59. The Hall–Kier alpha value is -1.51. The predicted octanol–water partition coefficient (Wildman–Crippen LogP) is 3.11. The molecule has 1 saturated carbocycles. The molecule has 2 unspecified atom stereocenters. The van der Waals surface area contributed by atoms with Gasteiger partial charge in [-0.05, 0) is 36.8 Å². The van der Waals surface area contributed by atoms with Gasteiger partial charge >= 0.3 is 0 Å². The van der Waals surface area contributed by atoms with Crippen molar-refractivity contribution in [3.05, 3.63) is 29.8 Å². The molecule has 1 amide bonds. The number of carbonyl (C=O) groups excluding carboxylic acids is 1. The average molecular weight is 272 g/mol. The van der Waals surface area contributed by atoms with Gasteiger partial charge in [0.2, 0.25) is 5.91 Å². The lowest BCUT2D eigenvalue weighted by Gasteiger charge is -2.19. The molecule has 2 N–H and O–H groups in total. The van der Waals surface area contributed by atoms with Crippen LogP contribution < -0.4 is 10.6 Å². The van der Waals surface area contributed by atoms with Crippen molar-refractivity contribution in [2.24, 2.45) is 5.92 Å². The van der Waals surface area contributed by atoms with Crippen LogP contribution in [-0.2, 0) is 11.2 Å². The maximum Gasteiger partial charge on any atom is 0.243 e. The molecule has 1 aromatic rings. The van der Waals surface area contributed by atoms with Crippen LogP contribution in [-0.4, -0.2) is 18.0 Å². The van der Waals surface area contributed by atoms with Crippen LogP contribution in [0.2, 0.25) is 0 Å². The molecule has 1 aromatic carbocycles. The van der Waals surface area contributed by atoms with E-state index in [-0.39, 0.29) is 11.9 Å². The highest BCUT2D eigenvalue weighted by molar-refractivity contribution is 5.87. The van der Waals surface area contributed by atoms with E-state index in [1.165, 1.54) is 24.8 Å². The molecule has 3 nitrogen and oxygen atoms in total. The van der Waals surface area contributed by atoms with Crippen molar-refractivity contribution in [2.45, 2.75) is 57.5 Å². The van der Waals surface area contributed by atoms with E-state index in [0.717, 1.165) is 30.9 Å². The second kappa shape index (κ2) is 5.86. The minimum absolute atomic E-state index is 0.0897. The number of hydrogen-bond acceptors (Lipinski definition) is 2. The molecule has 3 rings (SSSR count). The highest BCUT2D eigenvalue weighted by Crippen LogP contribution is 2.26. The smallest absolute Gasteiger partial charge is 0.243 e. The molecule has 108 valence electrons. The molecule has 1 fully saturated rings. The lowest BCUT2D eigenvalue weighted by Crippen LogP contribution is -2.43. The second-order valence-electron chi connectivity index (χ2n) is 6.38. The summed E-state index contributed by atoms with van der Waals surface area (Å²) in [4.78, 5) is 12.4. The minimum Gasteiger partial charge on any atom is -0.373 e. The molecule has 1 aliphatic carbocycles. The maximum atomic E-state index is 12.4. The number of para-hydroxylation sites is 1. The van der Waals surface area contributed by atoms with E-state index in [9.17, 15) is 4.79 Å². The van der Waals surface area contributed by atoms with E-state index >= 15 is 0 Å². The van der Waals surface area contributed by atoms with Gasteiger partial charge in [0.15, 0.2) is 0 Å². The van der Waals surface area contributed by atoms with Crippen LogP contribution in [0.1, 0.15) is 44.6 Å². The number of benzene rings is 1. The lowest BCUT2D eigenvalue weighted by atomic mass is 10.0. The zero-order valence-corrected chi connectivity index (χ0v) is 12.2. The first kappa shape index (κ1) is 13.5. The molecule has 2 aliphatic rings. The number of anilines is 1. The van der Waals surface area contributed by atoms with E-state index < -0.39 is 0 Å². The largest absolute Gasteiger partial charge is 0.373 e. The maximum absolute atomic E-state index is 12.4. The molecule has 0 bridgehead atoms. The highest BCUT2D eigenvalue weighted by Gasteiger charge is 2.28. The zero-order chi connectivity index (χ0) is 13.9. The Morgan fingerprint density at radius 2 is 2.05 bits per heavy atom. The van der Waals surface area contributed by atoms with E-state index in [1.807, 2.05) is 12.1 Å². The quantitative estimate of drug-likeness (QED) is 0.812. The number of rotatable bonds is 2. The van der Waals surface area contributed by atoms with Crippen LogP contribution >= 0.6 is 0 Å². The number of amides is 1. The van der Waals surface area contributed by atoms with Crippen LogP contribution in [0.25, 0.3) is 0 Å². The Morgan fingerprint density at radius 3 is 2.90 bits per heavy atom. The third kappa shape index (κ3) is 2.97. The SMILES string of the molecule is CC1CCCC(NC(=O)[C@@H]2Cc3ccccc3N2)CC1. The molecule has 3 atom stereocenters. The van der Waals surface area contributed by atoms with Crippen LogP contribution in [0.3, 0.4) is 0 Å². The van der Waals surface area contributed by atoms with Gasteiger partial charge in [-0.15, -0.1) is 0 Å². The highest BCUT2D eigenvalue weighted by atomic mass is 16.2. The Morgan fingerprint density at radius 1 is 1.20 bits per heavy atom. The Bertz CT molecular complexity index is 461. The molecule has 0 saturated heterocycles. The Labute approximate surface area is 121 Å². The van der Waals surface area contributed by atoms with E-state index in [1.54, 1.807) is 0 Å². The van der Waals surface area contributed by atoms with Gasteiger partial charge in [0.25, 0.3) is 0 Å². The number of nitrogens with one attached hydrogen (secondary N) is 2. The summed E-state index contributed by atoms with van der Waals surface area (Å²) in [6.07, 6.45) is 6.86. The summed E-state index contributed by atoms with van der Waals surface area (Å²) in [7, 11) is 0. The predicted molar refractivity (Wildman–Crippen MR) is 81.7 cm³/mol. The monoisotopic (exact) mass is 272 g/mol. The third-order valence-electron chi connectivity index (χ3n) is 4.69. The number of fused-ring (bicyclic) bond motifs is 1. The van der Waals surface area contributed by atoms with Gasteiger partial charge in [-0.1, -0.05) is 38.0 Å². The third-order valence-corrected chi connectivity index (χ3v) is 4.69. The molecule has 1 aliphatic heterocycles.